The van der Waals surface area contributed by atoms with Gasteiger partial charge >= 0.3 is 5.97 Å². The molecule has 0 bridgehead atoms. The van der Waals surface area contributed by atoms with Crippen molar-refractivity contribution in [1.82, 2.24) is 19.9 Å². The highest BCUT2D eigenvalue weighted by Gasteiger charge is 2.50. The molecule has 568 valence electrons. The van der Waals surface area contributed by atoms with Crippen LogP contribution in [0.25, 0.3) is 10.1 Å². The lowest BCUT2D eigenvalue weighted by Crippen LogP contribution is -2.32. The molecule has 9 heterocycles. The van der Waals surface area contributed by atoms with E-state index in [9.17, 15) is 9.90 Å². The Morgan fingerprint density at radius 2 is 1.10 bits per heavy atom. The van der Waals surface area contributed by atoms with Crippen LogP contribution in [0, 0.1) is 0 Å². The molecule has 3 unspecified atom stereocenters. The van der Waals surface area contributed by atoms with E-state index in [1.165, 1.54) is 16.7 Å². The summed E-state index contributed by atoms with van der Waals surface area (Å²) in [7, 11) is 0. The number of cyclic esters (lactones) is 1. The van der Waals surface area contributed by atoms with Crippen molar-refractivity contribution in [3.63, 3.8) is 0 Å². The van der Waals surface area contributed by atoms with Crippen LogP contribution in [0.3, 0.4) is 0 Å². The third-order valence-corrected chi connectivity index (χ3v) is 16.8. The Bertz CT molecular complexity index is 3400. The summed E-state index contributed by atoms with van der Waals surface area (Å²) < 4.78 is 59.5. The second-order valence-corrected chi connectivity index (χ2v) is 26.4. The molecule has 0 spiro atoms. The number of aliphatic hydroxyl groups is 9. The van der Waals surface area contributed by atoms with E-state index in [0.29, 0.717) is 6.61 Å². The van der Waals surface area contributed by atoms with Crippen LogP contribution in [-0.2, 0) is 82.8 Å². The average molecular weight is 1510 g/mol. The number of anilines is 2. The molecule has 13 rings (SSSR count). The summed E-state index contributed by atoms with van der Waals surface area (Å²) >= 11 is 3.51. The van der Waals surface area contributed by atoms with Gasteiger partial charge in [-0.05, 0) is 114 Å². The molecular formula is C75H105BrN6O21. The summed E-state index contributed by atoms with van der Waals surface area (Å²) in [5, 5.41) is 86.1. The van der Waals surface area contributed by atoms with Crippen LogP contribution >= 0.6 is 15.9 Å². The number of fused-ring (bicyclic) bond motifs is 3. The number of esters is 1. The topological polar surface area (TPSA) is 376 Å². The number of allylic oxidation sites excluding steroid dienone is 4. The third kappa shape index (κ3) is 25.4. The Kier molecular flexibility index (Phi) is 34.5. The molecule has 2 aromatic heterocycles. The Labute approximate surface area is 612 Å². The van der Waals surface area contributed by atoms with E-state index < -0.39 is 84.2 Å². The Morgan fingerprint density at radius 1 is 0.621 bits per heavy atom. The zero-order valence-electron chi connectivity index (χ0n) is 60.4. The van der Waals surface area contributed by atoms with Crippen LogP contribution in [0.5, 0.6) is 0 Å². The summed E-state index contributed by atoms with van der Waals surface area (Å²) in [4.78, 5) is 27.7. The molecule has 0 radical (unpaired) electrons. The molecule has 0 amide bonds. The summed E-state index contributed by atoms with van der Waals surface area (Å²) in [5.74, 6) is -2.41. The summed E-state index contributed by atoms with van der Waals surface area (Å²) in [5.41, 5.74) is 7.90. The molecule has 6 fully saturated rings. The minimum atomic E-state index is -1.63. The monoisotopic (exact) mass is 1500 g/mol. The van der Waals surface area contributed by atoms with Gasteiger partial charge in [0.25, 0.3) is 0 Å². The fraction of sp³-hybridized carbons (Fsp3) is 0.507. The Balaban J connectivity index is 0.000000224. The van der Waals surface area contributed by atoms with Gasteiger partial charge in [0.2, 0.25) is 6.29 Å². The average Bonchev–Trinajstić information content (AvgIpc) is 1.67. The number of carbonyl (C=O) groups is 1. The van der Waals surface area contributed by atoms with Crippen LogP contribution in [0.2, 0.25) is 0 Å². The van der Waals surface area contributed by atoms with E-state index in [-0.39, 0.29) is 62.0 Å². The second-order valence-electron chi connectivity index (χ2n) is 25.6. The minimum absolute atomic E-state index is 0.0277. The number of benzene rings is 2. The quantitative estimate of drug-likeness (QED) is 0.0391. The van der Waals surface area contributed by atoms with Crippen molar-refractivity contribution in [3.8, 4) is 0 Å². The van der Waals surface area contributed by atoms with E-state index in [2.05, 4.69) is 158 Å². The Hall–Kier alpha value is -7.01. The highest BCUT2D eigenvalue weighted by molar-refractivity contribution is 9.15. The van der Waals surface area contributed by atoms with Crippen LogP contribution in [0.15, 0.2) is 161 Å². The van der Waals surface area contributed by atoms with Crippen molar-refractivity contribution in [2.24, 2.45) is 0 Å². The number of hydrogen-bond acceptors (Lipinski definition) is 27. The largest absolute Gasteiger partial charge is 0.506 e. The SMILES string of the molecule is BrC1=CCc2c(NCc3ccccc3)ncnc21.C=C.C=C.C=C[C@@H]1OC(C)(C)O[C@@H]1CC.C=C[C@@H]1OC(C)(C)O[C@@H]1CO.CC1(C)O[C@@H]2COC(O)[C@@H]2O1.CC[C@H]1OC(C)(C)O[C@H]1/C=C/C1=CCc2c(NCc3ccccc3)ncnc21.O=C1OC[C@@H](O)[C@H]1O.OCC(O)[C@H]1OC(O)C(O)=C1O. The van der Waals surface area contributed by atoms with Crippen LogP contribution in [-0.4, -0.2) is 207 Å². The van der Waals surface area contributed by atoms with E-state index in [0.717, 1.165) is 77.4 Å². The molecule has 2 aromatic carbocycles. The molecule has 28 heteroatoms. The van der Waals surface area contributed by atoms with Crippen molar-refractivity contribution in [3.05, 3.63) is 194 Å². The van der Waals surface area contributed by atoms with E-state index in [4.69, 9.17) is 83.5 Å². The van der Waals surface area contributed by atoms with Gasteiger partial charge in [-0.25, -0.2) is 24.7 Å². The maximum atomic E-state index is 10.2. The first-order valence-corrected chi connectivity index (χ1v) is 34.6. The summed E-state index contributed by atoms with van der Waals surface area (Å²) in [6.07, 6.45) is 10.9. The van der Waals surface area contributed by atoms with Gasteiger partial charge in [-0.3, -0.25) is 0 Å². The molecule has 7 aliphatic heterocycles. The molecule has 6 saturated heterocycles. The normalized spacial score (nSPS) is 28.0. The number of nitrogens with zero attached hydrogens (tertiary/aromatic N) is 4. The highest BCUT2D eigenvalue weighted by atomic mass is 79.9. The fourth-order valence-electron chi connectivity index (χ4n) is 11.3. The maximum Gasteiger partial charge on any atom is 0.337 e. The van der Waals surface area contributed by atoms with Gasteiger partial charge in [0.1, 0.15) is 85.8 Å². The maximum absolute atomic E-state index is 10.2. The zero-order valence-corrected chi connectivity index (χ0v) is 62.0. The van der Waals surface area contributed by atoms with Crippen molar-refractivity contribution >= 4 is 43.6 Å². The van der Waals surface area contributed by atoms with Gasteiger partial charge in [-0.1, -0.05) is 111 Å². The molecular weight excluding hydrogens is 1400 g/mol. The molecule has 0 saturated carbocycles. The molecule has 4 aromatic rings. The van der Waals surface area contributed by atoms with Crippen LogP contribution < -0.4 is 10.6 Å². The van der Waals surface area contributed by atoms with Crippen LogP contribution in [0.1, 0.15) is 116 Å². The number of hydrogen-bond donors (Lipinski definition) is 11. The predicted molar refractivity (Wildman–Crippen MR) is 390 cm³/mol. The summed E-state index contributed by atoms with van der Waals surface area (Å²) in [6.45, 7) is 39.8. The lowest BCUT2D eigenvalue weighted by Gasteiger charge is -2.19. The van der Waals surface area contributed by atoms with E-state index in [1.54, 1.807) is 18.7 Å². The van der Waals surface area contributed by atoms with Crippen molar-refractivity contribution in [2.75, 3.05) is 37.1 Å². The number of rotatable bonds is 15. The molecule has 14 atom stereocenters. The minimum Gasteiger partial charge on any atom is -0.506 e. The van der Waals surface area contributed by atoms with Crippen molar-refractivity contribution < 1.29 is 103 Å². The standard InChI is InChI=1S/C23H27N3O2.C14H12BrN3.C9H16O2.C8H14O3.C7H12O4.C6H10O6.C4H6O4.2C2H4/c1-4-19-20(28-23(2,3)27-19)13-11-17-10-12-18-21(17)25-15-26-22(18)24-14-16-8-6-5-7-9-16;15-12-7-6-11-13(12)17-9-18-14(11)16-8-10-4-2-1-3-5-10;1-5-7-8(6-2)11-9(3,4)10-7;1-4-6-7(5-9)11-8(2,3)10-6;1-7(2)10-4-3-9-6(8)5(4)11-7;7-1-2(8)5-3(9)4(10)6(11)12-5;5-2-1-8-4(7)3(2)6;2*1-2/h5-11,13,15,19-20H,4,12,14H2,1-3H3,(H,24,25,26);1-5,7,9H,6,8H2,(H,16,17,18);5,7-8H,1,6H2,2-4H3;4,6-7,9H,1,5H2,2-3H3;4-6,8H,3H2,1-2H3;2,5-11H,1H2;2-3,5-6H,1H2;2*1-2H2/b13-11+;;;;;;;;/t19-,20+;;7-,8+;6-,7+;4-,5-,6?;2?,5-,6?;2-,3-;;/m1.00111../s1. The highest BCUT2D eigenvalue weighted by Crippen LogP contribution is 2.38. The van der Waals surface area contributed by atoms with E-state index in [1.807, 2.05) is 97.9 Å². The van der Waals surface area contributed by atoms with Crippen molar-refractivity contribution in [2.45, 2.75) is 217 Å². The number of ether oxygens (including phenoxy) is 11. The lowest BCUT2D eigenvalue weighted by atomic mass is 10.1. The second kappa shape index (κ2) is 41.0. The number of halogens is 1. The van der Waals surface area contributed by atoms with Crippen molar-refractivity contribution in [1.29, 1.82) is 0 Å². The molecule has 27 nitrogen and oxygen atoms in total. The van der Waals surface area contributed by atoms with Gasteiger partial charge in [-0.2, -0.15) is 0 Å². The summed E-state index contributed by atoms with van der Waals surface area (Å²) in [6, 6.07) is 20.6. The fourth-order valence-corrected chi connectivity index (χ4v) is 11.8. The number of aliphatic hydroxyl groups excluding tert-OH is 9. The van der Waals surface area contributed by atoms with Gasteiger partial charge in [0.15, 0.2) is 47.1 Å². The van der Waals surface area contributed by atoms with Gasteiger partial charge in [0, 0.05) is 28.7 Å². The predicted octanol–water partition coefficient (Wildman–Crippen LogP) is 8.79. The third-order valence-electron chi connectivity index (χ3n) is 16.1. The molecule has 103 heavy (non-hydrogen) atoms. The van der Waals surface area contributed by atoms with Gasteiger partial charge in [0.05, 0.1) is 43.4 Å². The smallest absolute Gasteiger partial charge is 0.337 e. The van der Waals surface area contributed by atoms with E-state index >= 15 is 0 Å². The Morgan fingerprint density at radius 3 is 1.52 bits per heavy atom. The first-order chi connectivity index (χ1) is 48.9. The van der Waals surface area contributed by atoms with Gasteiger partial charge in [-0.15, -0.1) is 39.5 Å². The lowest BCUT2D eigenvalue weighted by molar-refractivity contribution is -0.205. The number of aromatic nitrogens is 4. The number of nitrogens with one attached hydrogen (secondary N) is 2. The molecule has 2 aliphatic carbocycles. The number of carbonyl (C=O) groups excluding carboxylic acids is 1. The van der Waals surface area contributed by atoms with Gasteiger partial charge < -0.3 is 109 Å². The molecule has 11 N–H and O–H groups in total. The first-order valence-electron chi connectivity index (χ1n) is 33.8. The van der Waals surface area contributed by atoms with Crippen LogP contribution in [0.4, 0.5) is 11.6 Å². The first kappa shape index (κ1) is 86.6. The zero-order chi connectivity index (χ0) is 76.4. The molecule has 9 aliphatic rings.